The van der Waals surface area contributed by atoms with E-state index in [1.54, 1.807) is 0 Å². The van der Waals surface area contributed by atoms with Crippen LogP contribution in [0.3, 0.4) is 0 Å². The van der Waals surface area contributed by atoms with Crippen LogP contribution in [0.15, 0.2) is 82.7 Å². The Balaban J connectivity index is 1.66. The van der Waals surface area contributed by atoms with Crippen LogP contribution in [0.1, 0.15) is 44.4 Å². The van der Waals surface area contributed by atoms with Gasteiger partial charge in [-0.1, -0.05) is 94.1 Å². The zero-order valence-electron chi connectivity index (χ0n) is 23.9. The summed E-state index contributed by atoms with van der Waals surface area (Å²) in [5.41, 5.74) is 7.18. The van der Waals surface area contributed by atoms with E-state index in [4.69, 9.17) is 0 Å². The van der Waals surface area contributed by atoms with E-state index in [1.165, 1.54) is 80.8 Å². The summed E-state index contributed by atoms with van der Waals surface area (Å²) in [6.45, 7) is 11.7. The first-order valence-electron chi connectivity index (χ1n) is 14.4. The molecular weight excluding hydrogens is 490 g/mol. The SMILES string of the molecule is Cc1c2c(c(CC(C)C)c3c1ccc1ccccc13)Sc1cc3cccc(CC(C)C)c3c3cc[n+](C)c-2c13. The number of hydrogen-bond acceptors (Lipinski definition) is 1. The second-order valence-corrected chi connectivity index (χ2v) is 13.3. The van der Waals surface area contributed by atoms with Gasteiger partial charge in [0.2, 0.25) is 5.69 Å². The van der Waals surface area contributed by atoms with Crippen LogP contribution >= 0.6 is 11.8 Å². The fraction of sp³-hybridized carbons (Fsp3) is 0.270. The van der Waals surface area contributed by atoms with Crippen molar-refractivity contribution in [1.29, 1.82) is 0 Å². The number of benzene rings is 5. The predicted octanol–water partition coefficient (Wildman–Crippen LogP) is 9.96. The van der Waals surface area contributed by atoms with Gasteiger partial charge >= 0.3 is 0 Å². The molecule has 0 spiro atoms. The average Bonchev–Trinajstić information content (AvgIpc) is 2.91. The number of aromatic nitrogens is 1. The molecule has 0 radical (unpaired) electrons. The van der Waals surface area contributed by atoms with Crippen molar-refractivity contribution in [2.24, 2.45) is 18.9 Å². The van der Waals surface area contributed by atoms with Gasteiger partial charge in [-0.15, -0.1) is 0 Å². The van der Waals surface area contributed by atoms with Crippen LogP contribution in [-0.4, -0.2) is 0 Å². The second-order valence-electron chi connectivity index (χ2n) is 12.3. The van der Waals surface area contributed by atoms with Gasteiger partial charge in [0, 0.05) is 21.2 Å². The van der Waals surface area contributed by atoms with Gasteiger partial charge in [-0.25, -0.2) is 4.57 Å². The van der Waals surface area contributed by atoms with Crippen molar-refractivity contribution >= 4 is 54.9 Å². The largest absolute Gasteiger partial charge is 0.222 e. The summed E-state index contributed by atoms with van der Waals surface area (Å²) >= 11 is 2.01. The molecule has 0 bridgehead atoms. The third-order valence-electron chi connectivity index (χ3n) is 8.51. The smallest absolute Gasteiger partial charge is 0.200 e. The number of hydrogen-bond donors (Lipinski definition) is 0. The predicted molar refractivity (Wildman–Crippen MR) is 169 cm³/mol. The molecule has 194 valence electrons. The Morgan fingerprint density at radius 2 is 1.49 bits per heavy atom. The van der Waals surface area contributed by atoms with Crippen LogP contribution in [-0.2, 0) is 19.9 Å². The summed E-state index contributed by atoms with van der Waals surface area (Å²) in [5, 5.41) is 11.2. The Morgan fingerprint density at radius 1 is 0.718 bits per heavy atom. The molecule has 1 aromatic heterocycles. The highest BCUT2D eigenvalue weighted by molar-refractivity contribution is 8.00. The number of nitrogens with zero attached hydrogens (tertiary/aromatic N) is 1. The minimum absolute atomic E-state index is 0.570. The first kappa shape index (κ1) is 24.7. The Kier molecular flexibility index (Phi) is 5.75. The van der Waals surface area contributed by atoms with E-state index in [2.05, 4.69) is 119 Å². The lowest BCUT2D eigenvalue weighted by Crippen LogP contribution is -2.32. The van der Waals surface area contributed by atoms with Crippen molar-refractivity contribution in [3.05, 3.63) is 89.6 Å². The fourth-order valence-corrected chi connectivity index (χ4v) is 8.34. The number of fused-ring (bicyclic) bond motifs is 7. The maximum absolute atomic E-state index is 2.47. The van der Waals surface area contributed by atoms with Crippen molar-refractivity contribution in [2.75, 3.05) is 0 Å². The number of pyridine rings is 1. The molecule has 0 unspecified atom stereocenters. The normalized spacial score (nSPS) is 12.9. The molecule has 39 heavy (non-hydrogen) atoms. The lowest BCUT2D eigenvalue weighted by atomic mass is 9.85. The molecule has 0 amide bonds. The van der Waals surface area contributed by atoms with E-state index in [0.717, 1.165) is 12.8 Å². The Bertz CT molecular complexity index is 1960. The van der Waals surface area contributed by atoms with E-state index in [9.17, 15) is 0 Å². The lowest BCUT2D eigenvalue weighted by molar-refractivity contribution is -0.659. The molecule has 2 heteroatoms. The molecule has 5 aromatic carbocycles. The highest BCUT2D eigenvalue weighted by atomic mass is 32.2. The summed E-state index contributed by atoms with van der Waals surface area (Å²) in [6, 6.07) is 25.3. The van der Waals surface area contributed by atoms with Crippen molar-refractivity contribution in [2.45, 2.75) is 57.3 Å². The lowest BCUT2D eigenvalue weighted by Gasteiger charge is -2.26. The maximum atomic E-state index is 2.47. The molecule has 1 aliphatic heterocycles. The zero-order chi connectivity index (χ0) is 27.0. The molecule has 1 aliphatic rings. The van der Waals surface area contributed by atoms with Gasteiger partial charge in [0.15, 0.2) is 6.20 Å². The van der Waals surface area contributed by atoms with Gasteiger partial charge in [0.1, 0.15) is 7.05 Å². The van der Waals surface area contributed by atoms with Crippen molar-refractivity contribution in [1.82, 2.24) is 0 Å². The van der Waals surface area contributed by atoms with Crippen molar-refractivity contribution in [3.8, 4) is 11.3 Å². The molecule has 0 atom stereocenters. The Hall–Kier alpha value is -3.36. The van der Waals surface area contributed by atoms with Gasteiger partial charge in [-0.05, 0) is 86.7 Å². The summed E-state index contributed by atoms with van der Waals surface area (Å²) in [7, 11) is 2.23. The van der Waals surface area contributed by atoms with Crippen molar-refractivity contribution < 1.29 is 4.57 Å². The standard InChI is InChI=1S/C37H36NS/c1-21(2)18-25-11-9-12-26-20-31-35-29(33(25)26)16-17-38(6)36(35)32-23(5)27-15-14-24-10-7-8-13-28(24)34(27)30(19-22(3)4)37(32)39-31/h7-17,20-22H,18-19H2,1-6H3/q+1. The van der Waals surface area contributed by atoms with Crippen molar-refractivity contribution in [3.63, 3.8) is 0 Å². The molecule has 0 fully saturated rings. The summed E-state index contributed by atoms with van der Waals surface area (Å²) < 4.78 is 2.38. The van der Waals surface area contributed by atoms with Crippen LogP contribution < -0.4 is 4.57 Å². The highest BCUT2D eigenvalue weighted by Crippen LogP contribution is 2.54. The average molecular weight is 527 g/mol. The van der Waals surface area contributed by atoms with E-state index < -0.39 is 0 Å². The van der Waals surface area contributed by atoms with Crippen LogP contribution in [0, 0.1) is 18.8 Å². The molecule has 0 saturated heterocycles. The van der Waals surface area contributed by atoms with Crippen LogP contribution in [0.25, 0.3) is 54.3 Å². The second kappa shape index (κ2) is 9.10. The molecular formula is C37H36NS+. The van der Waals surface area contributed by atoms with Gasteiger partial charge in [-0.2, -0.15) is 0 Å². The van der Waals surface area contributed by atoms with Crippen LogP contribution in [0.2, 0.25) is 0 Å². The molecule has 0 saturated carbocycles. The van der Waals surface area contributed by atoms with E-state index in [1.807, 2.05) is 11.8 Å². The van der Waals surface area contributed by atoms with E-state index in [-0.39, 0.29) is 0 Å². The maximum Gasteiger partial charge on any atom is 0.222 e. The van der Waals surface area contributed by atoms with Gasteiger partial charge < -0.3 is 0 Å². The van der Waals surface area contributed by atoms with Gasteiger partial charge in [0.05, 0.1) is 10.9 Å². The van der Waals surface area contributed by atoms with E-state index >= 15 is 0 Å². The molecule has 1 nitrogen and oxygen atoms in total. The fourth-order valence-electron chi connectivity index (χ4n) is 6.97. The molecule has 6 aromatic rings. The minimum Gasteiger partial charge on any atom is -0.200 e. The van der Waals surface area contributed by atoms with E-state index in [0.29, 0.717) is 11.8 Å². The molecule has 2 heterocycles. The highest BCUT2D eigenvalue weighted by Gasteiger charge is 2.33. The first-order chi connectivity index (χ1) is 18.8. The minimum atomic E-state index is 0.570. The quantitative estimate of drug-likeness (QED) is 0.163. The van der Waals surface area contributed by atoms with Crippen LogP contribution in [0.5, 0.6) is 0 Å². The topological polar surface area (TPSA) is 3.88 Å². The number of rotatable bonds is 4. The monoisotopic (exact) mass is 526 g/mol. The third kappa shape index (κ3) is 3.72. The molecule has 0 N–H and O–H groups in total. The third-order valence-corrected chi connectivity index (χ3v) is 9.71. The van der Waals surface area contributed by atoms with Gasteiger partial charge in [-0.3, -0.25) is 0 Å². The first-order valence-corrected chi connectivity index (χ1v) is 15.2. The summed E-state index contributed by atoms with van der Waals surface area (Å²) in [5.74, 6) is 1.19. The van der Waals surface area contributed by atoms with Crippen LogP contribution in [0.4, 0.5) is 0 Å². The summed E-state index contributed by atoms with van der Waals surface area (Å²) in [6.07, 6.45) is 4.46. The Labute approximate surface area is 235 Å². The zero-order valence-corrected chi connectivity index (χ0v) is 24.7. The molecule has 0 aliphatic carbocycles. The number of aryl methyl sites for hydroxylation is 2. The summed E-state index contributed by atoms with van der Waals surface area (Å²) in [4.78, 5) is 2.85. The molecule has 7 rings (SSSR count). The van der Waals surface area contributed by atoms with Gasteiger partial charge in [0.25, 0.3) is 0 Å². The Morgan fingerprint density at radius 3 is 2.28 bits per heavy atom.